The summed E-state index contributed by atoms with van der Waals surface area (Å²) in [6, 6.07) is 6.38. The molecule has 1 aromatic carbocycles. The highest BCUT2D eigenvalue weighted by atomic mass is 19.1. The van der Waals surface area contributed by atoms with Crippen LogP contribution >= 0.6 is 0 Å². The molecule has 0 amide bonds. The number of aliphatic hydroxyl groups is 1. The molecule has 0 saturated heterocycles. The van der Waals surface area contributed by atoms with Gasteiger partial charge in [-0.3, -0.25) is 0 Å². The molecule has 1 aromatic heterocycles. The average Bonchev–Trinajstić information content (AvgIpc) is 2.99. The van der Waals surface area contributed by atoms with Crippen molar-refractivity contribution in [3.8, 4) is 11.3 Å². The average molecular weight is 232 g/mol. The highest BCUT2D eigenvalue weighted by Gasteiger charge is 2.46. The van der Waals surface area contributed by atoms with Crippen LogP contribution in [0.15, 0.2) is 30.5 Å². The summed E-state index contributed by atoms with van der Waals surface area (Å²) in [5.74, 6) is 0.543. The third kappa shape index (κ3) is 1.74. The van der Waals surface area contributed by atoms with Crippen LogP contribution in [0, 0.1) is 5.82 Å². The summed E-state index contributed by atoms with van der Waals surface area (Å²) >= 11 is 0. The summed E-state index contributed by atoms with van der Waals surface area (Å²) in [6.45, 7) is 0.114. The fraction of sp³-hybridized carbons (Fsp3) is 0.308. The Morgan fingerprint density at radius 3 is 2.88 bits per heavy atom. The van der Waals surface area contributed by atoms with Crippen LogP contribution < -0.4 is 0 Å². The second-order valence-corrected chi connectivity index (χ2v) is 4.59. The third-order valence-electron chi connectivity index (χ3n) is 3.37. The van der Waals surface area contributed by atoms with E-state index in [4.69, 9.17) is 0 Å². The fourth-order valence-corrected chi connectivity index (χ4v) is 2.01. The topological polar surface area (TPSA) is 48.9 Å². The summed E-state index contributed by atoms with van der Waals surface area (Å²) in [5, 5.41) is 9.31. The summed E-state index contributed by atoms with van der Waals surface area (Å²) < 4.78 is 13.1. The monoisotopic (exact) mass is 232 g/mol. The van der Waals surface area contributed by atoms with Gasteiger partial charge in [0.1, 0.15) is 11.6 Å². The highest BCUT2D eigenvalue weighted by Crippen LogP contribution is 2.46. The van der Waals surface area contributed by atoms with Gasteiger partial charge in [0.15, 0.2) is 0 Å². The molecule has 1 aliphatic carbocycles. The number of hydrogen-bond donors (Lipinski definition) is 2. The number of aromatic nitrogens is 2. The molecule has 17 heavy (non-hydrogen) atoms. The van der Waals surface area contributed by atoms with Gasteiger partial charge < -0.3 is 10.1 Å². The predicted molar refractivity (Wildman–Crippen MR) is 62.0 cm³/mol. The van der Waals surface area contributed by atoms with Gasteiger partial charge in [-0.05, 0) is 25.0 Å². The molecule has 1 aliphatic rings. The van der Waals surface area contributed by atoms with Crippen molar-refractivity contribution in [2.24, 2.45) is 0 Å². The number of rotatable bonds is 3. The van der Waals surface area contributed by atoms with Crippen molar-refractivity contribution in [2.45, 2.75) is 18.3 Å². The predicted octanol–water partition coefficient (Wildman–Crippen LogP) is 2.24. The molecular formula is C13H13FN2O. The molecule has 2 N–H and O–H groups in total. The number of imidazole rings is 1. The fourth-order valence-electron chi connectivity index (χ4n) is 2.01. The molecule has 0 bridgehead atoms. The Hall–Kier alpha value is -1.68. The van der Waals surface area contributed by atoms with Crippen LogP contribution in [0.25, 0.3) is 11.3 Å². The van der Waals surface area contributed by atoms with Crippen LogP contribution in [0.5, 0.6) is 0 Å². The van der Waals surface area contributed by atoms with Crippen molar-refractivity contribution < 1.29 is 9.50 Å². The first kappa shape index (κ1) is 10.5. The molecule has 0 radical (unpaired) electrons. The number of aromatic amines is 1. The van der Waals surface area contributed by atoms with Gasteiger partial charge in [-0.2, -0.15) is 0 Å². The highest BCUT2D eigenvalue weighted by molar-refractivity contribution is 5.58. The van der Waals surface area contributed by atoms with Gasteiger partial charge in [-0.1, -0.05) is 12.1 Å². The second kappa shape index (κ2) is 3.67. The van der Waals surface area contributed by atoms with Gasteiger partial charge in [0, 0.05) is 5.56 Å². The van der Waals surface area contributed by atoms with Crippen LogP contribution in [0.1, 0.15) is 18.7 Å². The van der Waals surface area contributed by atoms with Gasteiger partial charge in [0.2, 0.25) is 0 Å². The maximum Gasteiger partial charge on any atom is 0.123 e. The molecule has 1 heterocycles. The van der Waals surface area contributed by atoms with Crippen molar-refractivity contribution in [2.75, 3.05) is 6.61 Å². The number of hydrogen-bond acceptors (Lipinski definition) is 2. The number of H-pyrrole nitrogens is 1. The number of nitrogens with one attached hydrogen (secondary N) is 1. The summed E-state index contributed by atoms with van der Waals surface area (Å²) in [6.07, 6.45) is 3.61. The van der Waals surface area contributed by atoms with E-state index in [1.807, 2.05) is 6.07 Å². The Labute approximate surface area is 98.3 Å². The second-order valence-electron chi connectivity index (χ2n) is 4.59. The van der Waals surface area contributed by atoms with Gasteiger partial charge >= 0.3 is 0 Å². The SMILES string of the molecule is OCC1(c2ncc(-c3cccc(F)c3)[nH]2)CC1. The summed E-state index contributed by atoms with van der Waals surface area (Å²) in [7, 11) is 0. The molecular weight excluding hydrogens is 219 g/mol. The third-order valence-corrected chi connectivity index (χ3v) is 3.37. The number of halogens is 1. The van der Waals surface area contributed by atoms with Crippen LogP contribution in [0.4, 0.5) is 4.39 Å². The quantitative estimate of drug-likeness (QED) is 0.852. The van der Waals surface area contributed by atoms with Crippen molar-refractivity contribution in [1.29, 1.82) is 0 Å². The lowest BCUT2D eigenvalue weighted by Gasteiger charge is -2.06. The van der Waals surface area contributed by atoms with E-state index in [2.05, 4.69) is 9.97 Å². The number of nitrogens with zero attached hydrogens (tertiary/aromatic N) is 1. The molecule has 88 valence electrons. The normalized spacial score (nSPS) is 17.1. The first-order valence-corrected chi connectivity index (χ1v) is 5.66. The van der Waals surface area contributed by atoms with E-state index in [1.165, 1.54) is 12.1 Å². The van der Waals surface area contributed by atoms with Crippen molar-refractivity contribution in [3.05, 3.63) is 42.1 Å². The first-order valence-electron chi connectivity index (χ1n) is 5.66. The number of benzene rings is 1. The first-order chi connectivity index (χ1) is 8.23. The molecule has 0 spiro atoms. The lowest BCUT2D eigenvalue weighted by atomic mass is 10.1. The van der Waals surface area contributed by atoms with E-state index in [9.17, 15) is 9.50 Å². The minimum Gasteiger partial charge on any atom is -0.395 e. The lowest BCUT2D eigenvalue weighted by Crippen LogP contribution is -2.13. The molecule has 1 saturated carbocycles. The van der Waals surface area contributed by atoms with Crippen LogP contribution in [-0.2, 0) is 5.41 Å². The molecule has 2 aromatic rings. The Balaban J connectivity index is 1.95. The van der Waals surface area contributed by atoms with E-state index in [0.29, 0.717) is 0 Å². The number of aliphatic hydroxyl groups excluding tert-OH is 1. The Kier molecular flexibility index (Phi) is 2.26. The van der Waals surface area contributed by atoms with E-state index in [1.54, 1.807) is 12.3 Å². The maximum absolute atomic E-state index is 13.1. The Morgan fingerprint density at radius 1 is 1.41 bits per heavy atom. The van der Waals surface area contributed by atoms with E-state index in [-0.39, 0.29) is 17.8 Å². The van der Waals surface area contributed by atoms with E-state index < -0.39 is 0 Å². The zero-order chi connectivity index (χ0) is 11.9. The zero-order valence-corrected chi connectivity index (χ0v) is 9.28. The molecule has 3 nitrogen and oxygen atoms in total. The molecule has 4 heteroatoms. The van der Waals surface area contributed by atoms with E-state index >= 15 is 0 Å². The van der Waals surface area contributed by atoms with Gasteiger partial charge in [-0.15, -0.1) is 0 Å². The summed E-state index contributed by atoms with van der Waals surface area (Å²) in [5.41, 5.74) is 1.39. The van der Waals surface area contributed by atoms with Crippen molar-refractivity contribution in [3.63, 3.8) is 0 Å². The Bertz CT molecular complexity index is 546. The largest absolute Gasteiger partial charge is 0.395 e. The zero-order valence-electron chi connectivity index (χ0n) is 9.28. The molecule has 3 rings (SSSR count). The standard InChI is InChI=1S/C13H13FN2O/c14-10-3-1-2-9(6-10)11-7-15-12(16-11)13(8-17)4-5-13/h1-3,6-7,17H,4-5,8H2,(H,15,16). The molecule has 0 atom stereocenters. The van der Waals surface area contributed by atoms with Crippen molar-refractivity contribution >= 4 is 0 Å². The van der Waals surface area contributed by atoms with Crippen LogP contribution in [-0.4, -0.2) is 21.7 Å². The minimum atomic E-state index is -0.262. The van der Waals surface area contributed by atoms with Gasteiger partial charge in [-0.25, -0.2) is 9.37 Å². The van der Waals surface area contributed by atoms with Gasteiger partial charge in [0.05, 0.1) is 23.9 Å². The van der Waals surface area contributed by atoms with E-state index in [0.717, 1.165) is 29.9 Å². The lowest BCUT2D eigenvalue weighted by molar-refractivity contribution is 0.250. The maximum atomic E-state index is 13.1. The smallest absolute Gasteiger partial charge is 0.123 e. The van der Waals surface area contributed by atoms with Crippen molar-refractivity contribution in [1.82, 2.24) is 9.97 Å². The Morgan fingerprint density at radius 2 is 2.24 bits per heavy atom. The molecule has 0 aliphatic heterocycles. The van der Waals surface area contributed by atoms with Crippen LogP contribution in [0.3, 0.4) is 0 Å². The molecule has 1 fully saturated rings. The summed E-state index contributed by atoms with van der Waals surface area (Å²) in [4.78, 5) is 7.46. The van der Waals surface area contributed by atoms with Gasteiger partial charge in [0.25, 0.3) is 0 Å². The minimum absolute atomic E-state index is 0.114. The van der Waals surface area contributed by atoms with Crippen LogP contribution in [0.2, 0.25) is 0 Å². The molecule has 0 unspecified atom stereocenters.